The summed E-state index contributed by atoms with van der Waals surface area (Å²) in [5.74, 6) is -0.970. The van der Waals surface area contributed by atoms with E-state index in [4.69, 9.17) is 11.6 Å². The van der Waals surface area contributed by atoms with Crippen LogP contribution in [0.5, 0.6) is 0 Å². The highest BCUT2D eigenvalue weighted by Crippen LogP contribution is 1.97. The van der Waals surface area contributed by atoms with Gasteiger partial charge in [-0.15, -0.1) is 11.6 Å². The lowest BCUT2D eigenvalue weighted by atomic mass is 10.1. The molecule has 0 saturated heterocycles. The van der Waals surface area contributed by atoms with Crippen LogP contribution in [0.15, 0.2) is 0 Å². The van der Waals surface area contributed by atoms with Crippen LogP contribution in [0.3, 0.4) is 0 Å². The number of rotatable bonds is 2. The van der Waals surface area contributed by atoms with E-state index in [1.54, 1.807) is 20.8 Å². The molecule has 0 rings (SSSR count). The summed E-state index contributed by atoms with van der Waals surface area (Å²) in [6.45, 7) is 5.72. The van der Waals surface area contributed by atoms with Crippen molar-refractivity contribution in [2.45, 2.75) is 26.3 Å². The van der Waals surface area contributed by atoms with Crippen LogP contribution >= 0.6 is 11.6 Å². The second-order valence-electron chi connectivity index (χ2n) is 3.65. The van der Waals surface area contributed by atoms with E-state index in [1.165, 1.54) is 0 Å². The van der Waals surface area contributed by atoms with Crippen molar-refractivity contribution in [3.05, 3.63) is 0 Å². The standard InChI is InChI=1S/C8H15ClN2O2/c1-8(2,3)11-7(13)6(12)10-5-4-9/h4-5H2,1-3H3,(H,10,12)(H,11,13). The fourth-order valence-corrected chi connectivity index (χ4v) is 0.733. The van der Waals surface area contributed by atoms with E-state index in [9.17, 15) is 9.59 Å². The van der Waals surface area contributed by atoms with Gasteiger partial charge in [0.1, 0.15) is 0 Å². The quantitative estimate of drug-likeness (QED) is 0.503. The topological polar surface area (TPSA) is 58.2 Å². The van der Waals surface area contributed by atoms with Gasteiger partial charge >= 0.3 is 11.8 Å². The number of hydrogen-bond donors (Lipinski definition) is 2. The number of carbonyl (C=O) groups excluding carboxylic acids is 2. The van der Waals surface area contributed by atoms with Crippen LogP contribution in [0.25, 0.3) is 0 Å². The summed E-state index contributed by atoms with van der Waals surface area (Å²) >= 11 is 5.34. The molecule has 5 heteroatoms. The number of alkyl halides is 1. The zero-order valence-electron chi connectivity index (χ0n) is 8.11. The SMILES string of the molecule is CC(C)(C)NC(=O)C(=O)NCCCl. The highest BCUT2D eigenvalue weighted by molar-refractivity contribution is 6.35. The summed E-state index contributed by atoms with van der Waals surface area (Å²) in [6, 6.07) is 0. The molecule has 0 aromatic rings. The molecule has 0 fully saturated rings. The highest BCUT2D eigenvalue weighted by atomic mass is 35.5. The van der Waals surface area contributed by atoms with Crippen molar-refractivity contribution >= 4 is 23.4 Å². The maximum atomic E-state index is 11.1. The molecule has 13 heavy (non-hydrogen) atoms. The maximum Gasteiger partial charge on any atom is 0.309 e. The van der Waals surface area contributed by atoms with Crippen LogP contribution in [0.4, 0.5) is 0 Å². The Kier molecular flexibility index (Phi) is 4.77. The number of amides is 2. The third kappa shape index (κ3) is 6.40. The van der Waals surface area contributed by atoms with Gasteiger partial charge in [-0.05, 0) is 20.8 Å². The van der Waals surface area contributed by atoms with Crippen molar-refractivity contribution in [2.75, 3.05) is 12.4 Å². The Hall–Kier alpha value is -0.770. The molecule has 2 amide bonds. The number of halogens is 1. The van der Waals surface area contributed by atoms with E-state index in [1.807, 2.05) is 0 Å². The minimum absolute atomic E-state index is 0.300. The van der Waals surface area contributed by atoms with Crippen molar-refractivity contribution in [3.8, 4) is 0 Å². The summed E-state index contributed by atoms with van der Waals surface area (Å²) in [5.41, 5.74) is -0.393. The molecule has 2 N–H and O–H groups in total. The van der Waals surface area contributed by atoms with Crippen LogP contribution in [-0.4, -0.2) is 29.8 Å². The van der Waals surface area contributed by atoms with Crippen LogP contribution in [0, 0.1) is 0 Å². The Morgan fingerprint density at radius 1 is 1.23 bits per heavy atom. The Balaban J connectivity index is 3.91. The lowest BCUT2D eigenvalue weighted by Crippen LogP contribution is -2.48. The lowest BCUT2D eigenvalue weighted by molar-refractivity contribution is -0.140. The molecule has 4 nitrogen and oxygen atoms in total. The first-order valence-electron chi connectivity index (χ1n) is 4.03. The van der Waals surface area contributed by atoms with E-state index in [0.29, 0.717) is 12.4 Å². The first-order chi connectivity index (χ1) is 5.87. The average molecular weight is 207 g/mol. The van der Waals surface area contributed by atoms with Crippen molar-refractivity contribution < 1.29 is 9.59 Å². The molecule has 0 unspecified atom stereocenters. The Morgan fingerprint density at radius 3 is 2.15 bits per heavy atom. The van der Waals surface area contributed by atoms with E-state index in [-0.39, 0.29) is 0 Å². The summed E-state index contributed by atoms with van der Waals surface area (Å²) in [4.78, 5) is 22.1. The molecular weight excluding hydrogens is 192 g/mol. The molecule has 0 spiro atoms. The first-order valence-corrected chi connectivity index (χ1v) is 4.56. The van der Waals surface area contributed by atoms with E-state index >= 15 is 0 Å². The molecule has 0 heterocycles. The molecule has 0 aliphatic rings. The van der Waals surface area contributed by atoms with Gasteiger partial charge in [0.2, 0.25) is 0 Å². The lowest BCUT2D eigenvalue weighted by Gasteiger charge is -2.19. The fourth-order valence-electron chi connectivity index (χ4n) is 0.638. The van der Waals surface area contributed by atoms with Gasteiger partial charge in [0.05, 0.1) is 0 Å². The molecule has 0 aliphatic carbocycles. The Labute approximate surface area is 83.0 Å². The van der Waals surface area contributed by atoms with Crippen molar-refractivity contribution in [1.82, 2.24) is 10.6 Å². The normalized spacial score (nSPS) is 10.8. The van der Waals surface area contributed by atoms with Gasteiger partial charge in [0, 0.05) is 18.0 Å². The number of hydrogen-bond acceptors (Lipinski definition) is 2. The van der Waals surface area contributed by atoms with Crippen LogP contribution in [-0.2, 0) is 9.59 Å². The highest BCUT2D eigenvalue weighted by Gasteiger charge is 2.19. The van der Waals surface area contributed by atoms with Gasteiger partial charge < -0.3 is 10.6 Å². The molecular formula is C8H15ClN2O2. The minimum Gasteiger partial charge on any atom is -0.347 e. The Bertz CT molecular complexity index is 199. The molecule has 0 saturated carbocycles. The van der Waals surface area contributed by atoms with E-state index in [0.717, 1.165) is 0 Å². The zero-order chi connectivity index (χ0) is 10.5. The van der Waals surface area contributed by atoms with Gasteiger partial charge in [-0.1, -0.05) is 0 Å². The second-order valence-corrected chi connectivity index (χ2v) is 4.03. The third-order valence-corrected chi connectivity index (χ3v) is 1.26. The van der Waals surface area contributed by atoms with Crippen LogP contribution in [0.1, 0.15) is 20.8 Å². The zero-order valence-corrected chi connectivity index (χ0v) is 8.86. The molecule has 0 atom stereocenters. The summed E-state index contributed by atoms with van der Waals surface area (Å²) in [6.07, 6.45) is 0. The van der Waals surface area contributed by atoms with Gasteiger partial charge in [0.15, 0.2) is 0 Å². The molecule has 0 aromatic carbocycles. The largest absolute Gasteiger partial charge is 0.347 e. The van der Waals surface area contributed by atoms with Gasteiger partial charge in [-0.2, -0.15) is 0 Å². The molecule has 0 aliphatic heterocycles. The summed E-state index contributed by atoms with van der Waals surface area (Å²) < 4.78 is 0. The van der Waals surface area contributed by atoms with Crippen molar-refractivity contribution in [1.29, 1.82) is 0 Å². The van der Waals surface area contributed by atoms with Crippen molar-refractivity contribution in [2.24, 2.45) is 0 Å². The van der Waals surface area contributed by atoms with E-state index in [2.05, 4.69) is 10.6 Å². The fraction of sp³-hybridized carbons (Fsp3) is 0.750. The second kappa shape index (κ2) is 5.07. The predicted molar refractivity (Wildman–Crippen MR) is 51.6 cm³/mol. The predicted octanol–water partition coefficient (Wildman–Crippen LogP) is 0.256. The molecule has 0 bridgehead atoms. The molecule has 0 radical (unpaired) electrons. The summed E-state index contributed by atoms with van der Waals surface area (Å²) in [5, 5.41) is 4.91. The maximum absolute atomic E-state index is 11.1. The minimum atomic E-state index is -0.643. The first kappa shape index (κ1) is 12.2. The number of carbonyl (C=O) groups is 2. The molecule has 0 aromatic heterocycles. The monoisotopic (exact) mass is 206 g/mol. The van der Waals surface area contributed by atoms with Crippen LogP contribution < -0.4 is 10.6 Å². The van der Waals surface area contributed by atoms with Crippen molar-refractivity contribution in [3.63, 3.8) is 0 Å². The van der Waals surface area contributed by atoms with Gasteiger partial charge in [-0.3, -0.25) is 9.59 Å². The Morgan fingerprint density at radius 2 is 1.77 bits per heavy atom. The number of nitrogens with one attached hydrogen (secondary N) is 2. The average Bonchev–Trinajstić information content (AvgIpc) is 1.96. The van der Waals surface area contributed by atoms with Crippen LogP contribution in [0.2, 0.25) is 0 Å². The smallest absolute Gasteiger partial charge is 0.309 e. The molecule has 76 valence electrons. The summed E-state index contributed by atoms with van der Waals surface area (Å²) in [7, 11) is 0. The third-order valence-electron chi connectivity index (χ3n) is 1.07. The van der Waals surface area contributed by atoms with Gasteiger partial charge in [-0.25, -0.2) is 0 Å². The van der Waals surface area contributed by atoms with E-state index < -0.39 is 17.4 Å². The van der Waals surface area contributed by atoms with Gasteiger partial charge in [0.25, 0.3) is 0 Å².